The van der Waals surface area contributed by atoms with Gasteiger partial charge < -0.3 is 10.1 Å². The van der Waals surface area contributed by atoms with E-state index in [1.807, 2.05) is 36.4 Å². The predicted octanol–water partition coefficient (Wildman–Crippen LogP) is 3.32. The maximum absolute atomic E-state index is 11.5. The van der Waals surface area contributed by atoms with E-state index in [2.05, 4.69) is 15.3 Å². The number of nitrogens with one attached hydrogen (secondary N) is 1. The van der Waals surface area contributed by atoms with Crippen LogP contribution in [0.2, 0.25) is 0 Å². The molecule has 0 amide bonds. The summed E-state index contributed by atoms with van der Waals surface area (Å²) in [5.74, 6) is 1.65. The molecule has 3 N–H and O–H groups in total. The van der Waals surface area contributed by atoms with E-state index in [0.29, 0.717) is 18.3 Å². The first-order valence-corrected chi connectivity index (χ1v) is 10.5. The Morgan fingerprint density at radius 2 is 1.96 bits per heavy atom. The maximum Gasteiger partial charge on any atom is 0.255 e. The molecule has 0 unspecified atom stereocenters. The number of sulfonamides is 1. The van der Waals surface area contributed by atoms with Crippen LogP contribution in [-0.2, 0) is 16.6 Å². The molecule has 2 heterocycles. The average Bonchev–Trinajstić information content (AvgIpc) is 3.53. The van der Waals surface area contributed by atoms with Gasteiger partial charge in [-0.15, -0.1) is 0 Å². The van der Waals surface area contributed by atoms with Crippen LogP contribution in [0.15, 0.2) is 65.8 Å². The quantitative estimate of drug-likeness (QED) is 0.634. The van der Waals surface area contributed by atoms with Gasteiger partial charge in [0.2, 0.25) is 0 Å². The van der Waals surface area contributed by atoms with Crippen LogP contribution < -0.4 is 15.2 Å². The molecule has 1 aliphatic carbocycles. The van der Waals surface area contributed by atoms with Gasteiger partial charge in [0.25, 0.3) is 10.0 Å². The number of benzene rings is 1. The zero-order valence-electron chi connectivity index (χ0n) is 15.1. The highest BCUT2D eigenvalue weighted by molar-refractivity contribution is 7.89. The summed E-state index contributed by atoms with van der Waals surface area (Å²) < 4.78 is 28.9. The van der Waals surface area contributed by atoms with Gasteiger partial charge >= 0.3 is 0 Å². The first kappa shape index (κ1) is 18.4. The summed E-state index contributed by atoms with van der Waals surface area (Å²) in [6.45, 7) is 0.398. The van der Waals surface area contributed by atoms with Gasteiger partial charge in [0.15, 0.2) is 5.03 Å². The SMILES string of the molecule is NS(=O)(=O)c1cccc(Nc2ccc(OCc3ccccn3)cc2C2CC2)n1. The monoisotopic (exact) mass is 396 g/mol. The Kier molecular flexibility index (Phi) is 4.97. The molecule has 3 aromatic rings. The topological polar surface area (TPSA) is 107 Å². The number of hydrogen-bond donors (Lipinski definition) is 2. The molecule has 1 aliphatic rings. The second-order valence-electron chi connectivity index (χ2n) is 6.66. The van der Waals surface area contributed by atoms with Gasteiger partial charge in [-0.1, -0.05) is 12.1 Å². The lowest BCUT2D eigenvalue weighted by molar-refractivity contribution is 0.301. The highest BCUT2D eigenvalue weighted by atomic mass is 32.2. The highest BCUT2D eigenvalue weighted by Gasteiger charge is 2.27. The number of nitrogens with zero attached hydrogens (tertiary/aromatic N) is 2. The van der Waals surface area contributed by atoms with Crippen molar-refractivity contribution in [2.75, 3.05) is 5.32 Å². The Morgan fingerprint density at radius 3 is 2.68 bits per heavy atom. The van der Waals surface area contributed by atoms with Crippen LogP contribution in [-0.4, -0.2) is 18.4 Å². The van der Waals surface area contributed by atoms with Gasteiger partial charge in [-0.05, 0) is 66.8 Å². The van der Waals surface area contributed by atoms with Crippen molar-refractivity contribution in [1.82, 2.24) is 9.97 Å². The molecular formula is C20H20N4O3S. The summed E-state index contributed by atoms with van der Waals surface area (Å²) in [5, 5.41) is 8.21. The first-order chi connectivity index (χ1) is 13.5. The minimum atomic E-state index is -3.85. The second-order valence-corrected chi connectivity index (χ2v) is 8.17. The predicted molar refractivity (Wildman–Crippen MR) is 106 cm³/mol. The van der Waals surface area contributed by atoms with Crippen LogP contribution >= 0.6 is 0 Å². The number of rotatable bonds is 7. The van der Waals surface area contributed by atoms with Crippen molar-refractivity contribution in [2.45, 2.75) is 30.4 Å². The standard InChI is InChI=1S/C20H20N4O3S/c21-28(25,26)20-6-3-5-19(24-20)23-18-10-9-16(12-17(18)14-7-8-14)27-13-15-4-1-2-11-22-15/h1-6,9-12,14H,7-8,13H2,(H,23,24)(H2,21,25,26). The largest absolute Gasteiger partial charge is 0.487 e. The van der Waals surface area contributed by atoms with Gasteiger partial charge in [0.1, 0.15) is 18.2 Å². The van der Waals surface area contributed by atoms with Crippen molar-refractivity contribution in [3.05, 3.63) is 72.1 Å². The molecule has 2 aromatic heterocycles. The van der Waals surface area contributed by atoms with Crippen molar-refractivity contribution in [1.29, 1.82) is 0 Å². The molecule has 4 rings (SSSR count). The lowest BCUT2D eigenvalue weighted by Gasteiger charge is -2.14. The molecule has 144 valence electrons. The van der Waals surface area contributed by atoms with Crippen molar-refractivity contribution >= 4 is 21.5 Å². The van der Waals surface area contributed by atoms with Crippen molar-refractivity contribution < 1.29 is 13.2 Å². The zero-order valence-corrected chi connectivity index (χ0v) is 15.9. The van der Waals surface area contributed by atoms with Gasteiger partial charge in [0, 0.05) is 11.9 Å². The van der Waals surface area contributed by atoms with Crippen LogP contribution in [0.4, 0.5) is 11.5 Å². The summed E-state index contributed by atoms with van der Waals surface area (Å²) in [7, 11) is -3.85. The molecular weight excluding hydrogens is 376 g/mol. The Labute approximate surface area is 163 Å². The van der Waals surface area contributed by atoms with E-state index >= 15 is 0 Å². The van der Waals surface area contributed by atoms with Crippen molar-refractivity contribution in [2.24, 2.45) is 5.14 Å². The second kappa shape index (κ2) is 7.57. The zero-order chi connectivity index (χ0) is 19.6. The molecule has 8 heteroatoms. The van der Waals surface area contributed by atoms with Crippen molar-refractivity contribution in [3.63, 3.8) is 0 Å². The van der Waals surface area contributed by atoms with Gasteiger partial charge in [-0.25, -0.2) is 18.5 Å². The molecule has 1 saturated carbocycles. The lowest BCUT2D eigenvalue weighted by Crippen LogP contribution is -2.14. The molecule has 28 heavy (non-hydrogen) atoms. The van der Waals surface area contributed by atoms with Crippen LogP contribution in [0, 0.1) is 0 Å². The fourth-order valence-electron chi connectivity index (χ4n) is 2.90. The molecule has 0 spiro atoms. The number of aromatic nitrogens is 2. The van der Waals surface area contributed by atoms with E-state index in [4.69, 9.17) is 9.88 Å². The number of anilines is 2. The molecule has 0 bridgehead atoms. The van der Waals surface area contributed by atoms with E-state index in [9.17, 15) is 8.42 Å². The molecule has 0 atom stereocenters. The van der Waals surface area contributed by atoms with Crippen molar-refractivity contribution in [3.8, 4) is 5.75 Å². The van der Waals surface area contributed by atoms with E-state index in [0.717, 1.165) is 35.5 Å². The van der Waals surface area contributed by atoms with E-state index in [1.165, 1.54) is 6.07 Å². The third kappa shape index (κ3) is 4.47. The fourth-order valence-corrected chi connectivity index (χ4v) is 3.39. The molecule has 0 aliphatic heterocycles. The summed E-state index contributed by atoms with van der Waals surface area (Å²) in [4.78, 5) is 8.36. The average molecular weight is 396 g/mol. The smallest absolute Gasteiger partial charge is 0.255 e. The third-order valence-corrected chi connectivity index (χ3v) is 5.24. The molecule has 7 nitrogen and oxygen atoms in total. The summed E-state index contributed by atoms with van der Waals surface area (Å²) in [6.07, 6.45) is 3.97. The molecule has 1 aromatic carbocycles. The normalized spacial score (nSPS) is 13.9. The van der Waals surface area contributed by atoms with Gasteiger partial charge in [-0.3, -0.25) is 4.98 Å². The number of hydrogen-bond acceptors (Lipinski definition) is 6. The summed E-state index contributed by atoms with van der Waals surface area (Å²) in [5.41, 5.74) is 2.87. The fraction of sp³-hybridized carbons (Fsp3) is 0.200. The Balaban J connectivity index is 1.55. The minimum absolute atomic E-state index is 0.166. The minimum Gasteiger partial charge on any atom is -0.487 e. The number of primary sulfonamides is 1. The number of ether oxygens (including phenoxy) is 1. The van der Waals surface area contributed by atoms with Gasteiger partial charge in [0.05, 0.1) is 5.69 Å². The highest BCUT2D eigenvalue weighted by Crippen LogP contribution is 2.45. The Hall–Kier alpha value is -2.97. The van der Waals surface area contributed by atoms with Crippen LogP contribution in [0.3, 0.4) is 0 Å². The molecule has 0 radical (unpaired) electrons. The van der Waals surface area contributed by atoms with Gasteiger partial charge in [-0.2, -0.15) is 0 Å². The number of nitrogens with two attached hydrogens (primary N) is 1. The van der Waals surface area contributed by atoms with E-state index in [-0.39, 0.29) is 5.03 Å². The van der Waals surface area contributed by atoms with Crippen LogP contribution in [0.5, 0.6) is 5.75 Å². The summed E-state index contributed by atoms with van der Waals surface area (Å²) >= 11 is 0. The lowest BCUT2D eigenvalue weighted by atomic mass is 10.1. The first-order valence-electron chi connectivity index (χ1n) is 8.92. The molecule has 1 fully saturated rings. The van der Waals surface area contributed by atoms with Crippen LogP contribution in [0.1, 0.15) is 30.0 Å². The number of pyridine rings is 2. The summed E-state index contributed by atoms with van der Waals surface area (Å²) in [6, 6.07) is 16.2. The third-order valence-electron chi connectivity index (χ3n) is 4.43. The molecule has 0 saturated heterocycles. The Bertz CT molecular complexity index is 1080. The van der Waals surface area contributed by atoms with E-state index < -0.39 is 10.0 Å². The Morgan fingerprint density at radius 1 is 1.11 bits per heavy atom. The maximum atomic E-state index is 11.5. The van der Waals surface area contributed by atoms with Crippen LogP contribution in [0.25, 0.3) is 0 Å². The van der Waals surface area contributed by atoms with E-state index in [1.54, 1.807) is 18.3 Å².